The van der Waals surface area contributed by atoms with Crippen molar-refractivity contribution < 1.29 is 9.53 Å². The Kier molecular flexibility index (Phi) is 5.15. The van der Waals surface area contributed by atoms with Crippen LogP contribution in [0.25, 0.3) is 5.82 Å². The molecule has 0 radical (unpaired) electrons. The number of amides is 1. The van der Waals surface area contributed by atoms with Gasteiger partial charge in [0.1, 0.15) is 5.75 Å². The average Bonchev–Trinajstić information content (AvgIpc) is 3.37. The Hall–Kier alpha value is -4.00. The van der Waals surface area contributed by atoms with Crippen molar-refractivity contribution >= 4 is 5.91 Å². The van der Waals surface area contributed by atoms with E-state index in [1.807, 2.05) is 49.4 Å². The summed E-state index contributed by atoms with van der Waals surface area (Å²) in [6.07, 6.45) is 5.26. The molecule has 32 heavy (non-hydrogen) atoms. The highest BCUT2D eigenvalue weighted by molar-refractivity contribution is 5.92. The zero-order valence-electron chi connectivity index (χ0n) is 17.8. The highest BCUT2D eigenvalue weighted by Crippen LogP contribution is 2.35. The van der Waals surface area contributed by atoms with Crippen molar-refractivity contribution in [3.63, 3.8) is 0 Å². The Labute approximate surface area is 185 Å². The maximum atomic E-state index is 11.5. The SMILES string of the molecule is Cc1cccc(-n2nc3c(c2Oc2ccnc(Cc4cccc(C(N)=O)c4)c2)CCC3)n1. The van der Waals surface area contributed by atoms with Crippen LogP contribution in [0.1, 0.15) is 45.0 Å². The quantitative estimate of drug-likeness (QED) is 0.505. The Morgan fingerprint density at radius 3 is 2.84 bits per heavy atom. The number of hydrogen-bond acceptors (Lipinski definition) is 5. The van der Waals surface area contributed by atoms with E-state index in [0.717, 1.165) is 53.3 Å². The lowest BCUT2D eigenvalue weighted by atomic mass is 10.1. The van der Waals surface area contributed by atoms with Crippen molar-refractivity contribution in [3.8, 4) is 17.4 Å². The van der Waals surface area contributed by atoms with Gasteiger partial charge in [-0.1, -0.05) is 18.2 Å². The van der Waals surface area contributed by atoms with Crippen LogP contribution in [-0.2, 0) is 19.3 Å². The minimum absolute atomic E-state index is 0.441. The van der Waals surface area contributed by atoms with Crippen LogP contribution in [-0.4, -0.2) is 25.7 Å². The molecule has 0 atom stereocenters. The summed E-state index contributed by atoms with van der Waals surface area (Å²) in [5.74, 6) is 1.70. The number of aromatic nitrogens is 4. The highest BCUT2D eigenvalue weighted by Gasteiger charge is 2.25. The normalized spacial score (nSPS) is 12.5. The van der Waals surface area contributed by atoms with E-state index < -0.39 is 5.91 Å². The molecule has 0 aliphatic heterocycles. The number of aryl methyl sites for hydroxylation is 2. The number of nitrogens with zero attached hydrogens (tertiary/aromatic N) is 4. The van der Waals surface area contributed by atoms with Gasteiger partial charge in [0.15, 0.2) is 5.82 Å². The number of carbonyl (C=O) groups is 1. The fraction of sp³-hybridized carbons (Fsp3) is 0.200. The molecule has 3 aromatic heterocycles. The Balaban J connectivity index is 1.45. The summed E-state index contributed by atoms with van der Waals surface area (Å²) in [4.78, 5) is 20.6. The number of benzene rings is 1. The average molecular weight is 425 g/mol. The first-order chi connectivity index (χ1) is 15.6. The standard InChI is InChI=1S/C25H23N5O2/c1-16-5-2-10-23(28-16)30-25(21-8-4-9-22(21)29-30)32-20-11-12-27-19(15-20)14-17-6-3-7-18(13-17)24(26)31/h2-3,5-7,10-13,15H,4,8-9,14H2,1H3,(H2,26,31). The van der Waals surface area contributed by atoms with E-state index in [-0.39, 0.29) is 0 Å². The molecule has 1 amide bonds. The van der Waals surface area contributed by atoms with Gasteiger partial charge in [-0.25, -0.2) is 4.98 Å². The van der Waals surface area contributed by atoms with Crippen molar-refractivity contribution in [1.82, 2.24) is 19.7 Å². The highest BCUT2D eigenvalue weighted by atomic mass is 16.5. The van der Waals surface area contributed by atoms with Crippen LogP contribution >= 0.6 is 0 Å². The van der Waals surface area contributed by atoms with Gasteiger partial charge < -0.3 is 10.5 Å². The molecule has 0 spiro atoms. The van der Waals surface area contributed by atoms with Crippen LogP contribution in [0, 0.1) is 6.92 Å². The van der Waals surface area contributed by atoms with E-state index in [1.165, 1.54) is 0 Å². The van der Waals surface area contributed by atoms with Crippen LogP contribution in [0.5, 0.6) is 11.6 Å². The van der Waals surface area contributed by atoms with Gasteiger partial charge in [0.25, 0.3) is 0 Å². The van der Waals surface area contributed by atoms with Gasteiger partial charge >= 0.3 is 0 Å². The van der Waals surface area contributed by atoms with Crippen LogP contribution in [0.2, 0.25) is 0 Å². The van der Waals surface area contributed by atoms with Gasteiger partial charge in [0.2, 0.25) is 11.8 Å². The minimum Gasteiger partial charge on any atom is -0.438 e. The number of ether oxygens (including phenoxy) is 1. The van der Waals surface area contributed by atoms with Gasteiger partial charge in [-0.05, 0) is 62.1 Å². The zero-order valence-corrected chi connectivity index (χ0v) is 17.8. The van der Waals surface area contributed by atoms with Crippen molar-refractivity contribution in [2.75, 3.05) is 0 Å². The number of hydrogen-bond donors (Lipinski definition) is 1. The smallest absolute Gasteiger partial charge is 0.248 e. The lowest BCUT2D eigenvalue weighted by Gasteiger charge is -2.11. The summed E-state index contributed by atoms with van der Waals surface area (Å²) in [5.41, 5.74) is 10.8. The molecule has 0 unspecified atom stereocenters. The fourth-order valence-electron chi connectivity index (χ4n) is 4.04. The van der Waals surface area contributed by atoms with Gasteiger partial charge in [0.05, 0.1) is 5.69 Å². The summed E-state index contributed by atoms with van der Waals surface area (Å²) in [7, 11) is 0. The molecule has 0 saturated heterocycles. The molecule has 7 nitrogen and oxygen atoms in total. The summed E-state index contributed by atoms with van der Waals surface area (Å²) in [6.45, 7) is 1.96. The lowest BCUT2D eigenvalue weighted by molar-refractivity contribution is 0.1000. The lowest BCUT2D eigenvalue weighted by Crippen LogP contribution is -2.11. The molecule has 1 aliphatic carbocycles. The number of rotatable bonds is 6. The maximum Gasteiger partial charge on any atom is 0.248 e. The summed E-state index contributed by atoms with van der Waals surface area (Å²) in [5, 5.41) is 4.78. The summed E-state index contributed by atoms with van der Waals surface area (Å²) < 4.78 is 8.17. The van der Waals surface area contributed by atoms with E-state index in [1.54, 1.807) is 23.0 Å². The van der Waals surface area contributed by atoms with E-state index in [2.05, 4.69) is 9.97 Å². The largest absolute Gasteiger partial charge is 0.438 e. The van der Waals surface area contributed by atoms with E-state index in [0.29, 0.717) is 23.6 Å². The molecule has 5 rings (SSSR count). The molecule has 1 aromatic carbocycles. The molecule has 4 aromatic rings. The predicted octanol–water partition coefficient (Wildman–Crippen LogP) is 3.94. The molecule has 7 heteroatoms. The Morgan fingerprint density at radius 1 is 1.12 bits per heavy atom. The number of nitrogens with two attached hydrogens (primary N) is 1. The van der Waals surface area contributed by atoms with Gasteiger partial charge in [-0.2, -0.15) is 9.78 Å². The molecule has 1 aliphatic rings. The zero-order chi connectivity index (χ0) is 22.1. The van der Waals surface area contributed by atoms with E-state index in [4.69, 9.17) is 15.6 Å². The first-order valence-electron chi connectivity index (χ1n) is 10.6. The van der Waals surface area contributed by atoms with E-state index >= 15 is 0 Å². The van der Waals surface area contributed by atoms with Crippen molar-refractivity contribution in [1.29, 1.82) is 0 Å². The third-order valence-electron chi connectivity index (χ3n) is 5.55. The topological polar surface area (TPSA) is 95.9 Å². The molecule has 0 bridgehead atoms. The molecule has 160 valence electrons. The van der Waals surface area contributed by atoms with Crippen molar-refractivity contribution in [2.24, 2.45) is 5.73 Å². The Morgan fingerprint density at radius 2 is 2.00 bits per heavy atom. The van der Waals surface area contributed by atoms with Crippen molar-refractivity contribution in [3.05, 3.63) is 94.6 Å². The van der Waals surface area contributed by atoms with E-state index in [9.17, 15) is 4.79 Å². The Bertz CT molecular complexity index is 1310. The molecule has 0 saturated carbocycles. The molecule has 0 fully saturated rings. The second-order valence-electron chi connectivity index (χ2n) is 7.96. The van der Waals surface area contributed by atoms with Crippen LogP contribution in [0.3, 0.4) is 0 Å². The molecular formula is C25H23N5O2. The van der Waals surface area contributed by atoms with Gasteiger partial charge in [0, 0.05) is 41.2 Å². The van der Waals surface area contributed by atoms with Crippen LogP contribution < -0.4 is 10.5 Å². The molecular weight excluding hydrogens is 402 g/mol. The van der Waals surface area contributed by atoms with Gasteiger partial charge in [-0.15, -0.1) is 0 Å². The third-order valence-corrected chi connectivity index (χ3v) is 5.55. The second-order valence-corrected chi connectivity index (χ2v) is 7.96. The predicted molar refractivity (Wildman–Crippen MR) is 120 cm³/mol. The maximum absolute atomic E-state index is 11.5. The minimum atomic E-state index is -0.441. The van der Waals surface area contributed by atoms with Crippen LogP contribution in [0.15, 0.2) is 60.8 Å². The first kappa shape index (κ1) is 19.9. The fourth-order valence-corrected chi connectivity index (χ4v) is 4.04. The van der Waals surface area contributed by atoms with Crippen LogP contribution in [0.4, 0.5) is 0 Å². The number of primary amides is 1. The van der Waals surface area contributed by atoms with Crippen molar-refractivity contribution in [2.45, 2.75) is 32.6 Å². The molecule has 2 N–H and O–H groups in total. The second kappa shape index (κ2) is 8.26. The monoisotopic (exact) mass is 425 g/mol. The van der Waals surface area contributed by atoms with Gasteiger partial charge in [-0.3, -0.25) is 9.78 Å². The first-order valence-corrected chi connectivity index (χ1v) is 10.6. The number of pyridine rings is 2. The summed E-state index contributed by atoms with van der Waals surface area (Å²) >= 11 is 0. The third kappa shape index (κ3) is 3.97. The number of carbonyl (C=O) groups excluding carboxylic acids is 1. The number of fused-ring (bicyclic) bond motifs is 1. The summed E-state index contributed by atoms with van der Waals surface area (Å²) in [6, 6.07) is 16.9. The molecule has 3 heterocycles.